The van der Waals surface area contributed by atoms with E-state index in [9.17, 15) is 0 Å². The highest BCUT2D eigenvalue weighted by Crippen LogP contribution is 2.53. The summed E-state index contributed by atoms with van der Waals surface area (Å²) in [4.78, 5) is 9.25. The Kier molecular flexibility index (Phi) is 9.80. The highest BCUT2D eigenvalue weighted by Gasteiger charge is 2.37. The van der Waals surface area contributed by atoms with Crippen LogP contribution in [0.5, 0.6) is 46.0 Å². The van der Waals surface area contributed by atoms with Gasteiger partial charge in [-0.1, -0.05) is 30.2 Å². The number of likely N-dealkylation sites (N-methyl/N-ethyl adjacent to an activating group) is 2. The molecular formula is C45H45N3O6. The van der Waals surface area contributed by atoms with Gasteiger partial charge in [0.1, 0.15) is 11.4 Å². The molecule has 0 unspecified atom stereocenters. The van der Waals surface area contributed by atoms with Crippen molar-refractivity contribution >= 4 is 0 Å². The summed E-state index contributed by atoms with van der Waals surface area (Å²) in [5.41, 5.74) is 8.25. The van der Waals surface area contributed by atoms with Gasteiger partial charge < -0.3 is 28.4 Å². The lowest BCUT2D eigenvalue weighted by Gasteiger charge is -2.38. The van der Waals surface area contributed by atoms with Crippen LogP contribution in [0.4, 0.5) is 0 Å². The van der Waals surface area contributed by atoms with Crippen LogP contribution < -0.4 is 28.4 Å². The predicted molar refractivity (Wildman–Crippen MR) is 208 cm³/mol. The Hall–Kier alpha value is -5.69. The first-order valence-electron chi connectivity index (χ1n) is 18.4. The van der Waals surface area contributed by atoms with E-state index in [2.05, 4.69) is 77.1 Å². The number of hydrogen-bond donors (Lipinski definition) is 0. The lowest BCUT2D eigenvalue weighted by molar-refractivity contribution is 0.220. The highest BCUT2D eigenvalue weighted by atomic mass is 16.5. The molecule has 54 heavy (non-hydrogen) atoms. The highest BCUT2D eigenvalue weighted by molar-refractivity contribution is 5.71. The van der Waals surface area contributed by atoms with Crippen LogP contribution in [0.25, 0.3) is 0 Å². The molecule has 1 aromatic heterocycles. The van der Waals surface area contributed by atoms with Crippen molar-refractivity contribution in [3.8, 4) is 57.8 Å². The van der Waals surface area contributed by atoms with Gasteiger partial charge in [0.05, 0.1) is 34.0 Å². The molecule has 0 amide bonds. The Morgan fingerprint density at radius 2 is 1.41 bits per heavy atom. The largest absolute Gasteiger partial charge is 0.493 e. The third-order valence-corrected chi connectivity index (χ3v) is 11.0. The zero-order valence-electron chi connectivity index (χ0n) is 31.7. The summed E-state index contributed by atoms with van der Waals surface area (Å²) < 4.78 is 38.0. The second-order valence-electron chi connectivity index (χ2n) is 14.1. The van der Waals surface area contributed by atoms with Gasteiger partial charge in [0.15, 0.2) is 34.5 Å². The zero-order valence-corrected chi connectivity index (χ0v) is 31.7. The molecule has 9 rings (SSSR count). The standard InChI is InChI=1S/C45H45N3O6/c1-47-21-18-30-26-39(50-4)41-27-35(30)36(47)23-28-10-14-32(15-11-28)53-40-25-29(12-17-38(40)49-3)24-37-42-33(19-22-48(37)2)34(16-13-31-9-7-8-20-46-31)43(51-5)45(52-6)44(42)54-41/h7-12,14-15,17,20,25-27,36-37H,18-19,21-24H2,1-6H3/t36-,37-/m0/s1. The van der Waals surface area contributed by atoms with Crippen molar-refractivity contribution in [3.63, 3.8) is 0 Å². The van der Waals surface area contributed by atoms with E-state index in [1.54, 1.807) is 34.6 Å². The summed E-state index contributed by atoms with van der Waals surface area (Å²) in [6, 6.07) is 24.6. The van der Waals surface area contributed by atoms with Crippen molar-refractivity contribution in [1.82, 2.24) is 14.8 Å². The van der Waals surface area contributed by atoms with Gasteiger partial charge in [-0.2, -0.15) is 0 Å². The molecule has 0 fully saturated rings. The van der Waals surface area contributed by atoms with Crippen LogP contribution >= 0.6 is 0 Å². The fourth-order valence-electron chi connectivity index (χ4n) is 8.10. The maximum Gasteiger partial charge on any atom is 0.205 e. The Balaban J connectivity index is 1.40. The average Bonchev–Trinajstić information content (AvgIpc) is 3.19. The first-order valence-corrected chi connectivity index (χ1v) is 18.4. The normalized spacial score (nSPS) is 17.7. The minimum absolute atomic E-state index is 0.123. The molecule has 5 heterocycles. The molecule has 9 heteroatoms. The van der Waals surface area contributed by atoms with Crippen molar-refractivity contribution in [1.29, 1.82) is 0 Å². The van der Waals surface area contributed by atoms with Crippen LogP contribution in [-0.2, 0) is 25.7 Å². The van der Waals surface area contributed by atoms with Gasteiger partial charge in [-0.05, 0) is 122 Å². The number of fused-ring (bicyclic) bond motifs is 2. The molecule has 0 saturated carbocycles. The number of ether oxygens (including phenoxy) is 6. The minimum atomic E-state index is -0.124. The molecule has 6 bridgehead atoms. The Bertz CT molecular complexity index is 2250. The van der Waals surface area contributed by atoms with Crippen molar-refractivity contribution in [2.75, 3.05) is 55.6 Å². The maximum atomic E-state index is 7.19. The van der Waals surface area contributed by atoms with Crippen LogP contribution in [0.1, 0.15) is 56.7 Å². The maximum absolute atomic E-state index is 7.19. The third-order valence-electron chi connectivity index (χ3n) is 11.0. The molecule has 276 valence electrons. The Labute approximate surface area is 317 Å². The molecule has 0 aliphatic carbocycles. The van der Waals surface area contributed by atoms with E-state index in [1.807, 2.05) is 36.4 Å². The molecular weight excluding hydrogens is 679 g/mol. The average molecular weight is 724 g/mol. The first kappa shape index (κ1) is 35.3. The molecule has 9 nitrogen and oxygen atoms in total. The number of benzene rings is 4. The number of nitrogens with zero attached hydrogens (tertiary/aromatic N) is 3. The topological polar surface area (TPSA) is 74.8 Å². The van der Waals surface area contributed by atoms with Gasteiger partial charge in [-0.25, -0.2) is 4.98 Å². The lowest BCUT2D eigenvalue weighted by atomic mass is 9.84. The van der Waals surface area contributed by atoms with Gasteiger partial charge >= 0.3 is 0 Å². The predicted octanol–water partition coefficient (Wildman–Crippen LogP) is 7.96. The van der Waals surface area contributed by atoms with Crippen LogP contribution in [0.15, 0.2) is 79.0 Å². The minimum Gasteiger partial charge on any atom is -0.493 e. The fraction of sp³-hybridized carbons (Fsp3) is 0.311. The molecule has 2 atom stereocenters. The van der Waals surface area contributed by atoms with Gasteiger partial charge in [-0.15, -0.1) is 0 Å². The van der Waals surface area contributed by atoms with Gasteiger partial charge in [0.2, 0.25) is 5.75 Å². The summed E-state index contributed by atoms with van der Waals surface area (Å²) in [5.74, 6) is 11.7. The van der Waals surface area contributed by atoms with Gasteiger partial charge in [0.25, 0.3) is 0 Å². The third kappa shape index (κ3) is 6.57. The van der Waals surface area contributed by atoms with Crippen LogP contribution in [0.3, 0.4) is 0 Å². The number of methoxy groups -OCH3 is 4. The van der Waals surface area contributed by atoms with Crippen molar-refractivity contribution in [2.24, 2.45) is 0 Å². The second-order valence-corrected chi connectivity index (χ2v) is 14.1. The first-order chi connectivity index (χ1) is 26.4. The van der Waals surface area contributed by atoms with Gasteiger partial charge in [0, 0.05) is 36.9 Å². The van der Waals surface area contributed by atoms with Crippen LogP contribution in [-0.4, -0.2) is 70.4 Å². The molecule has 0 saturated heterocycles. The lowest BCUT2D eigenvalue weighted by Crippen LogP contribution is -2.34. The number of aromatic nitrogens is 1. The molecule has 4 aliphatic rings. The van der Waals surface area contributed by atoms with E-state index in [1.165, 1.54) is 16.7 Å². The van der Waals surface area contributed by atoms with Crippen LogP contribution in [0.2, 0.25) is 0 Å². The smallest absolute Gasteiger partial charge is 0.205 e. The SMILES string of the molecule is COc1ccc2cc1Oc1ccc(cc1)C[C@H]1c3cc(c(OC)cc3CCN1C)Oc1c(OC)c(OC)c(C#Cc3ccccn3)c3c1[C@H](C2)N(C)CC3. The van der Waals surface area contributed by atoms with Crippen molar-refractivity contribution in [2.45, 2.75) is 37.8 Å². The summed E-state index contributed by atoms with van der Waals surface area (Å²) in [5, 5.41) is 0. The fourth-order valence-corrected chi connectivity index (χ4v) is 8.10. The summed E-state index contributed by atoms with van der Waals surface area (Å²) in [7, 11) is 11.0. The zero-order chi connectivity index (χ0) is 37.3. The summed E-state index contributed by atoms with van der Waals surface area (Å²) in [6.45, 7) is 1.73. The molecule has 0 N–H and O–H groups in total. The molecule has 4 aromatic carbocycles. The Morgan fingerprint density at radius 3 is 2.15 bits per heavy atom. The Morgan fingerprint density at radius 1 is 0.685 bits per heavy atom. The summed E-state index contributed by atoms with van der Waals surface area (Å²) in [6.07, 6.45) is 4.85. The second kappa shape index (κ2) is 15.0. The number of rotatable bonds is 4. The van der Waals surface area contributed by atoms with E-state index < -0.39 is 0 Å². The molecule has 0 radical (unpaired) electrons. The van der Waals surface area contributed by atoms with E-state index in [0.717, 1.165) is 60.4 Å². The van der Waals surface area contributed by atoms with E-state index in [-0.39, 0.29) is 12.1 Å². The number of hydrogen-bond acceptors (Lipinski definition) is 9. The van der Waals surface area contributed by atoms with E-state index in [4.69, 9.17) is 28.4 Å². The quantitative estimate of drug-likeness (QED) is 0.172. The molecule has 5 aromatic rings. The van der Waals surface area contributed by atoms with Crippen LogP contribution in [0, 0.1) is 11.8 Å². The van der Waals surface area contributed by atoms with Crippen molar-refractivity contribution < 1.29 is 28.4 Å². The van der Waals surface area contributed by atoms with Crippen molar-refractivity contribution in [3.05, 3.63) is 124 Å². The molecule has 4 aliphatic heterocycles. The summed E-state index contributed by atoms with van der Waals surface area (Å²) >= 11 is 0. The van der Waals surface area contributed by atoms with E-state index >= 15 is 0 Å². The number of pyridine rings is 1. The van der Waals surface area contributed by atoms with Gasteiger partial charge in [-0.3, -0.25) is 9.80 Å². The van der Waals surface area contributed by atoms with E-state index in [0.29, 0.717) is 52.4 Å². The monoisotopic (exact) mass is 723 g/mol. The molecule has 0 spiro atoms.